The average molecular weight is 484 g/mol. The minimum absolute atomic E-state index is 0.00354. The third-order valence-electron chi connectivity index (χ3n) is 4.14. The van der Waals surface area contributed by atoms with Gasteiger partial charge in [0.05, 0.1) is 17.8 Å². The lowest BCUT2D eigenvalue weighted by atomic mass is 10.1. The van der Waals surface area contributed by atoms with Gasteiger partial charge in [0.15, 0.2) is 11.5 Å². The normalized spacial score (nSPS) is 11.0. The highest BCUT2D eigenvalue weighted by Gasteiger charge is 2.13. The lowest BCUT2D eigenvalue weighted by molar-refractivity contribution is -0.112. The Bertz CT molecular complexity index is 1120. The van der Waals surface area contributed by atoms with E-state index in [9.17, 15) is 10.1 Å². The number of fused-ring (bicyclic) bond motifs is 1. The van der Waals surface area contributed by atoms with Gasteiger partial charge in [0.25, 0.3) is 5.91 Å². The number of ether oxygens (including phenoxy) is 2. The fraction of sp³-hybridized carbons (Fsp3) is 0.0909. The number of rotatable bonds is 5. The Morgan fingerprint density at radius 1 is 1.07 bits per heavy atom. The van der Waals surface area contributed by atoms with E-state index in [1.54, 1.807) is 20.3 Å². The molecule has 0 aliphatic carbocycles. The fourth-order valence-electron chi connectivity index (χ4n) is 2.80. The number of amides is 1. The second kappa shape index (κ2) is 8.76. The highest BCUT2D eigenvalue weighted by atomic mass is 127. The zero-order valence-electron chi connectivity index (χ0n) is 15.3. The van der Waals surface area contributed by atoms with Gasteiger partial charge in [0.1, 0.15) is 11.6 Å². The lowest BCUT2D eigenvalue weighted by Crippen LogP contribution is -2.13. The maximum absolute atomic E-state index is 12.6. The number of carbonyl (C=O) groups is 1. The van der Waals surface area contributed by atoms with Gasteiger partial charge in [-0.25, -0.2) is 0 Å². The number of nitrogens with one attached hydrogen (secondary N) is 1. The summed E-state index contributed by atoms with van der Waals surface area (Å²) >= 11 is 2.12. The predicted octanol–water partition coefficient (Wildman–Crippen LogP) is 5.01. The molecule has 0 saturated heterocycles. The van der Waals surface area contributed by atoms with E-state index in [0.717, 1.165) is 14.3 Å². The summed E-state index contributed by atoms with van der Waals surface area (Å²) in [7, 11) is 3.10. The number of hydrogen-bond acceptors (Lipinski definition) is 4. The first kappa shape index (κ1) is 19.7. The van der Waals surface area contributed by atoms with Crippen molar-refractivity contribution in [1.29, 1.82) is 5.26 Å². The van der Waals surface area contributed by atoms with Gasteiger partial charge < -0.3 is 14.8 Å². The smallest absolute Gasteiger partial charge is 0.266 e. The standard InChI is InChI=1S/C22H17IN2O3/c1-27-20-11-14(10-19(23)21(20)28-2)9-17(13-24)22(26)25-18-8-7-15-5-3-4-6-16(15)12-18/h3-12H,1-2H3,(H,25,26)/b17-9+. The molecule has 0 aliphatic rings. The van der Waals surface area contributed by atoms with Crippen molar-refractivity contribution in [2.45, 2.75) is 0 Å². The molecule has 0 unspecified atom stereocenters. The van der Waals surface area contributed by atoms with Crippen LogP contribution in [0, 0.1) is 14.9 Å². The number of methoxy groups -OCH3 is 2. The van der Waals surface area contributed by atoms with Crippen LogP contribution in [0.1, 0.15) is 5.56 Å². The molecule has 3 rings (SSSR count). The van der Waals surface area contributed by atoms with Crippen LogP contribution in [0.2, 0.25) is 0 Å². The molecule has 0 aliphatic heterocycles. The van der Waals surface area contributed by atoms with Crippen molar-refractivity contribution in [1.82, 2.24) is 0 Å². The molecule has 0 bridgehead atoms. The van der Waals surface area contributed by atoms with Gasteiger partial charge in [-0.3, -0.25) is 4.79 Å². The Balaban J connectivity index is 1.88. The zero-order valence-corrected chi connectivity index (χ0v) is 17.5. The van der Waals surface area contributed by atoms with Crippen molar-refractivity contribution in [3.05, 3.63) is 69.3 Å². The van der Waals surface area contributed by atoms with Gasteiger partial charge >= 0.3 is 0 Å². The first-order valence-electron chi connectivity index (χ1n) is 8.39. The van der Waals surface area contributed by atoms with Crippen molar-refractivity contribution >= 4 is 51.0 Å². The molecule has 0 heterocycles. The van der Waals surface area contributed by atoms with Crippen LogP contribution in [-0.2, 0) is 4.79 Å². The highest BCUT2D eigenvalue weighted by Crippen LogP contribution is 2.34. The molecule has 28 heavy (non-hydrogen) atoms. The second-order valence-electron chi connectivity index (χ2n) is 5.92. The molecule has 0 aromatic heterocycles. The summed E-state index contributed by atoms with van der Waals surface area (Å²) in [5.41, 5.74) is 1.30. The van der Waals surface area contributed by atoms with Crippen LogP contribution in [0.4, 0.5) is 5.69 Å². The number of anilines is 1. The Morgan fingerprint density at radius 3 is 2.50 bits per heavy atom. The summed E-state index contributed by atoms with van der Waals surface area (Å²) in [6, 6.07) is 19.0. The summed E-state index contributed by atoms with van der Waals surface area (Å²) in [4.78, 5) is 12.6. The van der Waals surface area contributed by atoms with Crippen LogP contribution < -0.4 is 14.8 Å². The second-order valence-corrected chi connectivity index (χ2v) is 7.09. The SMILES string of the molecule is COc1cc(/C=C(\C#N)C(=O)Nc2ccc3ccccc3c2)cc(I)c1OC. The van der Waals surface area contributed by atoms with Crippen molar-refractivity contribution in [3.63, 3.8) is 0 Å². The third-order valence-corrected chi connectivity index (χ3v) is 4.94. The molecular formula is C22H17IN2O3. The number of nitrogens with zero attached hydrogens (tertiary/aromatic N) is 1. The van der Waals surface area contributed by atoms with E-state index in [1.807, 2.05) is 54.6 Å². The third kappa shape index (κ3) is 4.26. The molecule has 0 fully saturated rings. The van der Waals surface area contributed by atoms with Gasteiger partial charge in [0.2, 0.25) is 0 Å². The fourth-order valence-corrected chi connectivity index (χ4v) is 3.65. The summed E-state index contributed by atoms with van der Waals surface area (Å²) < 4.78 is 11.5. The van der Waals surface area contributed by atoms with Crippen molar-refractivity contribution in [2.75, 3.05) is 19.5 Å². The number of benzene rings is 3. The van der Waals surface area contributed by atoms with Crippen molar-refractivity contribution in [3.8, 4) is 17.6 Å². The Hall–Kier alpha value is -3.05. The van der Waals surface area contributed by atoms with Crippen LogP contribution in [0.15, 0.2) is 60.2 Å². The molecule has 0 saturated carbocycles. The first-order chi connectivity index (χ1) is 13.5. The molecule has 0 atom stereocenters. The van der Waals surface area contributed by atoms with Crippen molar-refractivity contribution in [2.24, 2.45) is 0 Å². The quantitative estimate of drug-likeness (QED) is 0.314. The number of carbonyl (C=O) groups excluding carboxylic acids is 1. The Labute approximate surface area is 176 Å². The van der Waals surface area contributed by atoms with Crippen molar-refractivity contribution < 1.29 is 14.3 Å². The minimum atomic E-state index is -0.470. The highest BCUT2D eigenvalue weighted by molar-refractivity contribution is 14.1. The first-order valence-corrected chi connectivity index (χ1v) is 9.47. The Kier molecular flexibility index (Phi) is 6.16. The molecular weight excluding hydrogens is 467 g/mol. The molecule has 6 heteroatoms. The zero-order chi connectivity index (χ0) is 20.1. The van der Waals surface area contributed by atoms with Crippen LogP contribution in [0.5, 0.6) is 11.5 Å². The van der Waals surface area contributed by atoms with Gasteiger partial charge in [-0.2, -0.15) is 5.26 Å². The molecule has 3 aromatic rings. The molecule has 1 N–H and O–H groups in total. The van der Waals surface area contributed by atoms with E-state index in [0.29, 0.717) is 22.7 Å². The van der Waals surface area contributed by atoms with Gasteiger partial charge in [0, 0.05) is 5.69 Å². The van der Waals surface area contributed by atoms with E-state index in [1.165, 1.54) is 6.08 Å². The summed E-state index contributed by atoms with van der Waals surface area (Å²) in [5, 5.41) is 14.3. The van der Waals surface area contributed by atoms with Crippen LogP contribution >= 0.6 is 22.6 Å². The Morgan fingerprint density at radius 2 is 1.82 bits per heavy atom. The van der Waals surface area contributed by atoms with Gasteiger partial charge in [-0.1, -0.05) is 30.3 Å². The average Bonchev–Trinajstić information content (AvgIpc) is 2.71. The van der Waals surface area contributed by atoms with E-state index in [2.05, 4.69) is 27.9 Å². The monoisotopic (exact) mass is 484 g/mol. The molecule has 3 aromatic carbocycles. The topological polar surface area (TPSA) is 71.3 Å². The molecule has 0 spiro atoms. The maximum Gasteiger partial charge on any atom is 0.266 e. The minimum Gasteiger partial charge on any atom is -0.493 e. The summed E-state index contributed by atoms with van der Waals surface area (Å²) in [6.45, 7) is 0. The van der Waals surface area contributed by atoms with E-state index in [-0.39, 0.29) is 5.57 Å². The maximum atomic E-state index is 12.6. The van der Waals surface area contributed by atoms with Crippen LogP contribution in [0.3, 0.4) is 0 Å². The molecule has 5 nitrogen and oxygen atoms in total. The van der Waals surface area contributed by atoms with Gasteiger partial charge in [-0.15, -0.1) is 0 Å². The van der Waals surface area contributed by atoms with E-state index in [4.69, 9.17) is 9.47 Å². The molecule has 140 valence electrons. The van der Waals surface area contributed by atoms with Gasteiger partial charge in [-0.05, 0) is 69.3 Å². The number of halogens is 1. The molecule has 1 amide bonds. The largest absolute Gasteiger partial charge is 0.493 e. The van der Waals surface area contributed by atoms with Crippen LogP contribution in [0.25, 0.3) is 16.8 Å². The number of nitriles is 1. The number of hydrogen-bond donors (Lipinski definition) is 1. The summed E-state index contributed by atoms with van der Waals surface area (Å²) in [6.07, 6.45) is 1.53. The summed E-state index contributed by atoms with van der Waals surface area (Å²) in [5.74, 6) is 0.676. The van der Waals surface area contributed by atoms with Crippen LogP contribution in [-0.4, -0.2) is 20.1 Å². The van der Waals surface area contributed by atoms with E-state index < -0.39 is 5.91 Å². The molecule has 0 radical (unpaired) electrons. The lowest BCUT2D eigenvalue weighted by Gasteiger charge is -2.11. The van der Waals surface area contributed by atoms with E-state index >= 15 is 0 Å². The predicted molar refractivity (Wildman–Crippen MR) is 118 cm³/mol.